The maximum Gasteiger partial charge on any atom is 0.252 e. The Morgan fingerprint density at radius 3 is 2.63 bits per heavy atom. The van der Waals surface area contributed by atoms with Crippen molar-refractivity contribution in [2.45, 2.75) is 52.9 Å². The molecule has 5 rings (SSSR count). The Morgan fingerprint density at radius 1 is 1.11 bits per heavy atom. The number of pyridine rings is 1. The van der Waals surface area contributed by atoms with E-state index < -0.39 is 0 Å². The number of nitrogens with zero attached hydrogens (tertiary/aromatic N) is 5. The van der Waals surface area contributed by atoms with E-state index in [-0.39, 0.29) is 11.6 Å². The summed E-state index contributed by atoms with van der Waals surface area (Å²) in [5, 5.41) is 15.9. The molecule has 0 fully saturated rings. The largest absolute Gasteiger partial charge is 0.497 e. The van der Waals surface area contributed by atoms with Gasteiger partial charge in [-0.3, -0.25) is 9.69 Å². The van der Waals surface area contributed by atoms with E-state index >= 15 is 0 Å². The van der Waals surface area contributed by atoms with Gasteiger partial charge in [0.2, 0.25) is 0 Å². The number of tetrazole rings is 1. The fraction of sp³-hybridized carbons (Fsp3) is 0.310. The standard InChI is InChI=1S/C29H32N6O2S/c1-5-26(28-31-32-33-35(28)16-21-8-10-24(37-4)11-9-21)34(18-25-7-6-12-38-25)17-23-15-22-14-19(2)13-20(3)27(22)30-29(23)36/h6-15,26H,5,16-18H2,1-4H3,(H,30,36)/t26-/m0/s1. The van der Waals surface area contributed by atoms with Gasteiger partial charge in [0.05, 0.1) is 25.2 Å². The Morgan fingerprint density at radius 2 is 1.92 bits per heavy atom. The average Bonchev–Trinajstić information content (AvgIpc) is 3.58. The van der Waals surface area contributed by atoms with E-state index in [1.807, 2.05) is 41.9 Å². The van der Waals surface area contributed by atoms with E-state index in [9.17, 15) is 4.79 Å². The lowest BCUT2D eigenvalue weighted by Crippen LogP contribution is -2.32. The zero-order valence-corrected chi connectivity index (χ0v) is 23.0. The van der Waals surface area contributed by atoms with Crippen LogP contribution < -0.4 is 10.3 Å². The minimum Gasteiger partial charge on any atom is -0.497 e. The number of ether oxygens (including phenoxy) is 1. The Labute approximate surface area is 225 Å². The molecule has 0 unspecified atom stereocenters. The summed E-state index contributed by atoms with van der Waals surface area (Å²) in [4.78, 5) is 19.9. The Hall–Kier alpha value is -3.82. The first kappa shape index (κ1) is 25.8. The molecule has 3 aromatic heterocycles. The molecule has 0 bridgehead atoms. The molecule has 3 heterocycles. The van der Waals surface area contributed by atoms with Crippen molar-refractivity contribution in [1.29, 1.82) is 0 Å². The van der Waals surface area contributed by atoms with Crippen LogP contribution in [0.15, 0.2) is 64.8 Å². The highest BCUT2D eigenvalue weighted by atomic mass is 32.1. The van der Waals surface area contributed by atoms with Gasteiger partial charge in [0.25, 0.3) is 5.56 Å². The number of aryl methyl sites for hydroxylation is 2. The van der Waals surface area contributed by atoms with Crippen molar-refractivity contribution in [2.24, 2.45) is 0 Å². The van der Waals surface area contributed by atoms with Gasteiger partial charge in [-0.1, -0.05) is 36.8 Å². The second-order valence-corrected chi connectivity index (χ2v) is 10.7. The first-order chi connectivity index (χ1) is 18.4. The second kappa shape index (κ2) is 11.3. The van der Waals surface area contributed by atoms with Crippen LogP contribution in [0.25, 0.3) is 10.9 Å². The Kier molecular flexibility index (Phi) is 7.67. The molecule has 9 heteroatoms. The Bertz CT molecular complexity index is 1570. The minimum atomic E-state index is -0.0836. The van der Waals surface area contributed by atoms with Crippen LogP contribution in [0.2, 0.25) is 0 Å². The molecule has 1 atom stereocenters. The summed E-state index contributed by atoms with van der Waals surface area (Å²) >= 11 is 1.71. The number of hydrogen-bond acceptors (Lipinski definition) is 7. The number of benzene rings is 2. The van der Waals surface area contributed by atoms with Crippen molar-refractivity contribution >= 4 is 22.2 Å². The highest BCUT2D eigenvalue weighted by Crippen LogP contribution is 2.28. The predicted octanol–water partition coefficient (Wildman–Crippen LogP) is 5.40. The van der Waals surface area contributed by atoms with Gasteiger partial charge in [0.15, 0.2) is 5.82 Å². The van der Waals surface area contributed by atoms with Crippen molar-refractivity contribution in [1.82, 2.24) is 30.1 Å². The monoisotopic (exact) mass is 528 g/mol. The lowest BCUT2D eigenvalue weighted by Gasteiger charge is -2.30. The summed E-state index contributed by atoms with van der Waals surface area (Å²) in [6.45, 7) is 7.96. The van der Waals surface area contributed by atoms with E-state index in [2.05, 4.69) is 68.9 Å². The summed E-state index contributed by atoms with van der Waals surface area (Å²) in [6.07, 6.45) is 0.790. The SMILES string of the molecule is CC[C@@H](c1nnnn1Cc1ccc(OC)cc1)N(Cc1cccs1)Cc1cc2cc(C)cc(C)c2[nH]c1=O. The van der Waals surface area contributed by atoms with Crippen molar-refractivity contribution in [3.8, 4) is 5.75 Å². The highest BCUT2D eigenvalue weighted by Gasteiger charge is 2.26. The fourth-order valence-corrected chi connectivity index (χ4v) is 5.75. The summed E-state index contributed by atoms with van der Waals surface area (Å²) in [7, 11) is 1.66. The number of aromatic amines is 1. The van der Waals surface area contributed by atoms with Gasteiger partial charge in [-0.2, -0.15) is 0 Å². The smallest absolute Gasteiger partial charge is 0.252 e. The molecule has 1 N–H and O–H groups in total. The number of thiophene rings is 1. The molecule has 0 saturated heterocycles. The van der Waals surface area contributed by atoms with Crippen LogP contribution in [0.3, 0.4) is 0 Å². The van der Waals surface area contributed by atoms with Crippen LogP contribution >= 0.6 is 11.3 Å². The summed E-state index contributed by atoms with van der Waals surface area (Å²) in [5.41, 5.74) is 4.89. The number of nitrogens with one attached hydrogen (secondary N) is 1. The molecule has 0 aliphatic heterocycles. The van der Waals surface area contributed by atoms with Crippen LogP contribution in [-0.4, -0.2) is 37.2 Å². The molecule has 5 aromatic rings. The van der Waals surface area contributed by atoms with Gasteiger partial charge in [-0.25, -0.2) is 4.68 Å². The third-order valence-electron chi connectivity index (χ3n) is 6.86. The molecule has 2 aromatic carbocycles. The van der Waals surface area contributed by atoms with E-state index in [1.54, 1.807) is 18.4 Å². The van der Waals surface area contributed by atoms with E-state index in [1.165, 1.54) is 10.4 Å². The predicted molar refractivity (Wildman–Crippen MR) is 151 cm³/mol. The van der Waals surface area contributed by atoms with Gasteiger partial charge in [-0.05, 0) is 82.9 Å². The van der Waals surface area contributed by atoms with Crippen molar-refractivity contribution < 1.29 is 4.74 Å². The minimum absolute atomic E-state index is 0.0617. The summed E-state index contributed by atoms with van der Waals surface area (Å²) in [5.74, 6) is 1.59. The fourth-order valence-electron chi connectivity index (χ4n) is 5.02. The summed E-state index contributed by atoms with van der Waals surface area (Å²) in [6, 6.07) is 18.3. The molecule has 0 aliphatic carbocycles. The lowest BCUT2D eigenvalue weighted by atomic mass is 10.0. The van der Waals surface area contributed by atoms with E-state index in [4.69, 9.17) is 4.74 Å². The molecule has 0 spiro atoms. The average molecular weight is 529 g/mol. The zero-order chi connectivity index (χ0) is 26.6. The van der Waals surface area contributed by atoms with Crippen LogP contribution in [0.1, 0.15) is 52.3 Å². The van der Waals surface area contributed by atoms with Gasteiger partial charge in [0, 0.05) is 23.5 Å². The lowest BCUT2D eigenvalue weighted by molar-refractivity contribution is 0.163. The zero-order valence-electron chi connectivity index (χ0n) is 22.1. The molecule has 38 heavy (non-hydrogen) atoms. The topological polar surface area (TPSA) is 88.9 Å². The van der Waals surface area contributed by atoms with Gasteiger partial charge < -0.3 is 9.72 Å². The molecule has 0 amide bonds. The molecule has 0 radical (unpaired) electrons. The van der Waals surface area contributed by atoms with Crippen LogP contribution in [0.4, 0.5) is 0 Å². The second-order valence-electron chi connectivity index (χ2n) is 9.62. The molecular formula is C29H32N6O2S. The van der Waals surface area contributed by atoms with Gasteiger partial charge >= 0.3 is 0 Å². The maximum absolute atomic E-state index is 13.2. The number of aromatic nitrogens is 5. The van der Waals surface area contributed by atoms with E-state index in [0.717, 1.165) is 45.6 Å². The third-order valence-corrected chi connectivity index (χ3v) is 7.72. The van der Waals surface area contributed by atoms with Gasteiger partial charge in [-0.15, -0.1) is 16.4 Å². The number of fused-ring (bicyclic) bond motifs is 1. The first-order valence-electron chi connectivity index (χ1n) is 12.7. The molecule has 196 valence electrons. The maximum atomic E-state index is 13.2. The van der Waals surface area contributed by atoms with Crippen molar-refractivity contribution in [3.05, 3.63) is 103 Å². The normalized spacial score (nSPS) is 12.3. The first-order valence-corrected chi connectivity index (χ1v) is 13.6. The molecule has 0 saturated carbocycles. The third kappa shape index (κ3) is 5.54. The molecule has 0 aliphatic rings. The van der Waals surface area contributed by atoms with Crippen LogP contribution in [0.5, 0.6) is 5.75 Å². The number of methoxy groups -OCH3 is 1. The number of hydrogen-bond donors (Lipinski definition) is 1. The van der Waals surface area contributed by atoms with Crippen LogP contribution in [0, 0.1) is 13.8 Å². The molecule has 8 nitrogen and oxygen atoms in total. The van der Waals surface area contributed by atoms with Crippen molar-refractivity contribution in [3.63, 3.8) is 0 Å². The number of H-pyrrole nitrogens is 1. The summed E-state index contributed by atoms with van der Waals surface area (Å²) < 4.78 is 7.15. The number of rotatable bonds is 10. The van der Waals surface area contributed by atoms with Crippen molar-refractivity contribution in [2.75, 3.05) is 7.11 Å². The Balaban J connectivity index is 1.50. The highest BCUT2D eigenvalue weighted by molar-refractivity contribution is 7.09. The van der Waals surface area contributed by atoms with Crippen LogP contribution in [-0.2, 0) is 19.6 Å². The van der Waals surface area contributed by atoms with Gasteiger partial charge in [0.1, 0.15) is 5.75 Å². The van der Waals surface area contributed by atoms with E-state index in [0.29, 0.717) is 19.6 Å². The molecular weight excluding hydrogens is 496 g/mol. The quantitative estimate of drug-likeness (QED) is 0.261.